The first-order chi connectivity index (χ1) is 6.89. The van der Waals surface area contributed by atoms with Crippen molar-refractivity contribution in [2.45, 2.75) is 44.4 Å². The van der Waals surface area contributed by atoms with Crippen LogP contribution in [0.15, 0.2) is 6.20 Å². The molecule has 1 aromatic rings. The van der Waals surface area contributed by atoms with E-state index >= 15 is 0 Å². The van der Waals surface area contributed by atoms with Crippen LogP contribution in [0.4, 0.5) is 0 Å². The maximum atomic E-state index is 11.1. The quantitative estimate of drug-likeness (QED) is 0.693. The van der Waals surface area contributed by atoms with Crippen molar-refractivity contribution in [3.63, 3.8) is 0 Å². The van der Waals surface area contributed by atoms with Crippen LogP contribution in [-0.2, 0) is 22.7 Å². The van der Waals surface area contributed by atoms with Gasteiger partial charge in [-0.3, -0.25) is 4.68 Å². The maximum Gasteiger partial charge on any atom is 0.130 e. The minimum absolute atomic E-state index is 0.00912. The Morgan fingerprint density at radius 1 is 1.47 bits per heavy atom. The highest BCUT2D eigenvalue weighted by molar-refractivity contribution is 5.73. The summed E-state index contributed by atoms with van der Waals surface area (Å²) in [5.74, 6) is 0. The van der Waals surface area contributed by atoms with Gasteiger partial charge in [0.05, 0.1) is 11.1 Å². The molecule has 82 valence electrons. The second-order valence-electron chi connectivity index (χ2n) is 5.59. The zero-order valence-electron chi connectivity index (χ0n) is 9.87. The molecule has 1 aliphatic carbocycles. The molecule has 1 aliphatic rings. The molecule has 1 fully saturated rings. The minimum atomic E-state index is -0.211. The molecule has 0 saturated heterocycles. The monoisotopic (exact) mass is 206 g/mol. The van der Waals surface area contributed by atoms with Gasteiger partial charge in [0, 0.05) is 24.2 Å². The number of nitrogens with zero attached hydrogens (tertiary/aromatic N) is 2. The summed E-state index contributed by atoms with van der Waals surface area (Å²) in [5.41, 5.74) is 1.99. The number of hydrogen-bond donors (Lipinski definition) is 0. The molecule has 3 heteroatoms. The largest absolute Gasteiger partial charge is 0.302 e. The third kappa shape index (κ3) is 1.60. The standard InChI is InChI=1S/C12H18N2O/c1-11(2,3)10-9(7-14(4)13-10)12(8-15)5-6-12/h7-8H,5-6H2,1-4H3. The Kier molecular flexibility index (Phi) is 2.04. The van der Waals surface area contributed by atoms with Crippen molar-refractivity contribution in [2.24, 2.45) is 7.05 Å². The Morgan fingerprint density at radius 3 is 2.47 bits per heavy atom. The normalized spacial score (nSPS) is 18.9. The fourth-order valence-electron chi connectivity index (χ4n) is 1.99. The number of rotatable bonds is 2. The highest BCUT2D eigenvalue weighted by Gasteiger charge is 2.48. The van der Waals surface area contributed by atoms with E-state index in [4.69, 9.17) is 0 Å². The van der Waals surface area contributed by atoms with E-state index in [0.29, 0.717) is 0 Å². The lowest BCUT2D eigenvalue weighted by Gasteiger charge is -2.19. The zero-order chi connectivity index (χ0) is 11.3. The minimum Gasteiger partial charge on any atom is -0.302 e. The summed E-state index contributed by atoms with van der Waals surface area (Å²) in [6.07, 6.45) is 5.05. The van der Waals surface area contributed by atoms with Crippen LogP contribution in [0.3, 0.4) is 0 Å². The number of aryl methyl sites for hydroxylation is 1. The number of aldehydes is 1. The molecule has 15 heavy (non-hydrogen) atoms. The van der Waals surface area contributed by atoms with Gasteiger partial charge in [0.2, 0.25) is 0 Å². The highest BCUT2D eigenvalue weighted by Crippen LogP contribution is 2.49. The lowest BCUT2D eigenvalue weighted by atomic mass is 9.84. The second-order valence-corrected chi connectivity index (χ2v) is 5.59. The van der Waals surface area contributed by atoms with Gasteiger partial charge >= 0.3 is 0 Å². The summed E-state index contributed by atoms with van der Waals surface area (Å²) in [4.78, 5) is 11.1. The molecule has 1 saturated carbocycles. The predicted molar refractivity (Wildman–Crippen MR) is 58.9 cm³/mol. The summed E-state index contributed by atoms with van der Waals surface area (Å²) >= 11 is 0. The average Bonchev–Trinajstić information content (AvgIpc) is 2.82. The van der Waals surface area contributed by atoms with Gasteiger partial charge in [0.1, 0.15) is 6.29 Å². The fraction of sp³-hybridized carbons (Fsp3) is 0.667. The lowest BCUT2D eigenvalue weighted by molar-refractivity contribution is -0.109. The smallest absolute Gasteiger partial charge is 0.130 e. The number of carbonyl (C=O) groups is 1. The summed E-state index contributed by atoms with van der Waals surface area (Å²) in [6, 6.07) is 0. The third-order valence-corrected chi connectivity index (χ3v) is 3.09. The maximum absolute atomic E-state index is 11.1. The van der Waals surface area contributed by atoms with Crippen LogP contribution in [0.25, 0.3) is 0 Å². The van der Waals surface area contributed by atoms with Crippen LogP contribution in [0, 0.1) is 0 Å². The van der Waals surface area contributed by atoms with Crippen molar-refractivity contribution >= 4 is 6.29 Å². The Morgan fingerprint density at radius 2 is 2.07 bits per heavy atom. The van der Waals surface area contributed by atoms with Crippen molar-refractivity contribution in [3.05, 3.63) is 17.5 Å². The van der Waals surface area contributed by atoms with Crippen LogP contribution < -0.4 is 0 Å². The molecule has 0 unspecified atom stereocenters. The van der Waals surface area contributed by atoms with Gasteiger partial charge in [-0.1, -0.05) is 20.8 Å². The van der Waals surface area contributed by atoms with E-state index in [1.165, 1.54) is 0 Å². The number of carbonyl (C=O) groups excluding carboxylic acids is 1. The number of aromatic nitrogens is 2. The van der Waals surface area contributed by atoms with Crippen LogP contribution in [0.2, 0.25) is 0 Å². The second kappa shape index (κ2) is 2.94. The van der Waals surface area contributed by atoms with E-state index in [9.17, 15) is 4.79 Å². The van der Waals surface area contributed by atoms with Crippen molar-refractivity contribution in [3.8, 4) is 0 Å². The Bertz CT molecular complexity index is 394. The fourth-order valence-corrected chi connectivity index (χ4v) is 1.99. The van der Waals surface area contributed by atoms with Gasteiger partial charge in [0.25, 0.3) is 0 Å². The summed E-state index contributed by atoms with van der Waals surface area (Å²) in [6.45, 7) is 6.42. The van der Waals surface area contributed by atoms with Crippen LogP contribution in [0.5, 0.6) is 0 Å². The lowest BCUT2D eigenvalue weighted by Crippen LogP contribution is -2.19. The molecule has 0 spiro atoms. The first-order valence-electron chi connectivity index (χ1n) is 5.40. The molecule has 0 aliphatic heterocycles. The molecular weight excluding hydrogens is 188 g/mol. The highest BCUT2D eigenvalue weighted by atomic mass is 16.1. The van der Waals surface area contributed by atoms with Crippen molar-refractivity contribution in [2.75, 3.05) is 0 Å². The molecule has 0 bridgehead atoms. The summed E-state index contributed by atoms with van der Waals surface area (Å²) < 4.78 is 1.82. The average molecular weight is 206 g/mol. The number of hydrogen-bond acceptors (Lipinski definition) is 2. The molecular formula is C12H18N2O. The Hall–Kier alpha value is -1.12. The van der Waals surface area contributed by atoms with E-state index in [0.717, 1.165) is 30.4 Å². The van der Waals surface area contributed by atoms with Gasteiger partial charge in [-0.2, -0.15) is 5.10 Å². The van der Waals surface area contributed by atoms with Gasteiger partial charge in [-0.05, 0) is 12.8 Å². The predicted octanol–water partition coefficient (Wildman–Crippen LogP) is 1.95. The van der Waals surface area contributed by atoms with E-state index in [2.05, 4.69) is 25.9 Å². The first kappa shape index (κ1) is 10.4. The van der Waals surface area contributed by atoms with Gasteiger partial charge < -0.3 is 4.79 Å². The van der Waals surface area contributed by atoms with Crippen LogP contribution in [-0.4, -0.2) is 16.1 Å². The van der Waals surface area contributed by atoms with E-state index in [1.54, 1.807) is 0 Å². The molecule has 0 radical (unpaired) electrons. The Labute approximate surface area is 90.5 Å². The molecule has 0 atom stereocenters. The van der Waals surface area contributed by atoms with Crippen molar-refractivity contribution < 1.29 is 4.79 Å². The van der Waals surface area contributed by atoms with E-state index in [1.807, 2.05) is 17.9 Å². The molecule has 1 heterocycles. The molecule has 0 amide bonds. The zero-order valence-corrected chi connectivity index (χ0v) is 9.87. The van der Waals surface area contributed by atoms with Crippen LogP contribution >= 0.6 is 0 Å². The van der Waals surface area contributed by atoms with Crippen molar-refractivity contribution in [1.29, 1.82) is 0 Å². The topological polar surface area (TPSA) is 34.9 Å². The van der Waals surface area contributed by atoms with Gasteiger partial charge in [0.15, 0.2) is 0 Å². The Balaban J connectivity index is 2.52. The molecule has 0 N–H and O–H groups in total. The summed E-state index contributed by atoms with van der Waals surface area (Å²) in [7, 11) is 1.92. The molecule has 3 nitrogen and oxygen atoms in total. The molecule has 1 aromatic heterocycles. The van der Waals surface area contributed by atoms with E-state index < -0.39 is 0 Å². The van der Waals surface area contributed by atoms with E-state index in [-0.39, 0.29) is 10.8 Å². The van der Waals surface area contributed by atoms with Crippen molar-refractivity contribution in [1.82, 2.24) is 9.78 Å². The first-order valence-corrected chi connectivity index (χ1v) is 5.40. The van der Waals surface area contributed by atoms with Gasteiger partial charge in [-0.15, -0.1) is 0 Å². The third-order valence-electron chi connectivity index (χ3n) is 3.09. The van der Waals surface area contributed by atoms with Crippen LogP contribution in [0.1, 0.15) is 44.9 Å². The summed E-state index contributed by atoms with van der Waals surface area (Å²) in [5, 5.41) is 4.49. The van der Waals surface area contributed by atoms with Gasteiger partial charge in [-0.25, -0.2) is 0 Å². The molecule has 0 aromatic carbocycles. The molecule has 2 rings (SSSR count). The SMILES string of the molecule is Cn1cc(C2(C=O)CC2)c(C(C)(C)C)n1.